The molecule has 0 spiro atoms. The molecule has 4 rings (SSSR count). The molecule has 1 N–H and O–H groups in total. The van der Waals surface area contributed by atoms with Gasteiger partial charge in [-0.15, -0.1) is 0 Å². The van der Waals surface area contributed by atoms with E-state index in [4.69, 9.17) is 4.74 Å². The second-order valence-corrected chi connectivity index (χ2v) is 15.2. The van der Waals surface area contributed by atoms with Crippen LogP contribution in [0.25, 0.3) is 0 Å². The fourth-order valence-electron chi connectivity index (χ4n) is 9.73. The molecule has 4 saturated carbocycles. The minimum Gasteiger partial charge on any atom is -0.444 e. The Hall–Kier alpha value is -0.600. The summed E-state index contributed by atoms with van der Waals surface area (Å²) < 4.78 is 5.41. The molecule has 4 aliphatic carbocycles. The minimum absolute atomic E-state index is 0.269. The fraction of sp³-hybridized carbons (Fsp3) is 0.966. The fourth-order valence-corrected chi connectivity index (χ4v) is 9.73. The van der Waals surface area contributed by atoms with E-state index in [1.54, 1.807) is 0 Å². The number of hydrogen-bond donors (Lipinski definition) is 1. The summed E-state index contributed by atoms with van der Waals surface area (Å²) in [6, 6.07) is 0. The average Bonchev–Trinajstić information content (AvgIpc) is 3.06. The number of fused-ring (bicyclic) bond motifs is 5. The Labute approximate surface area is 212 Å². The molecule has 192 valence electrons. The quantitative estimate of drug-likeness (QED) is 0.398. The Balaban J connectivity index is 1.39. The topological polar surface area (TPSA) is 38.3 Å². The van der Waals surface area contributed by atoms with Gasteiger partial charge in [-0.05, 0) is 118 Å². The molecule has 1 amide bonds. The molecule has 5 heteroatoms. The van der Waals surface area contributed by atoms with Crippen molar-refractivity contribution in [1.82, 2.24) is 5.32 Å². The Morgan fingerprint density at radius 3 is 2.38 bits per heavy atom. The van der Waals surface area contributed by atoms with E-state index in [1.807, 2.05) is 20.8 Å². The summed E-state index contributed by atoms with van der Waals surface area (Å²) >= 11 is 0. The first-order valence-electron chi connectivity index (χ1n) is 14.8. The van der Waals surface area contributed by atoms with Gasteiger partial charge in [0.05, 0.1) is 15.7 Å². The van der Waals surface area contributed by atoms with E-state index in [-0.39, 0.29) is 6.09 Å². The molecule has 3 nitrogen and oxygen atoms in total. The van der Waals surface area contributed by atoms with Crippen LogP contribution in [0.2, 0.25) is 5.21 Å². The third-order valence-corrected chi connectivity index (χ3v) is 11.5. The molecule has 4 fully saturated rings. The van der Waals surface area contributed by atoms with Gasteiger partial charge in [0.1, 0.15) is 5.60 Å². The van der Waals surface area contributed by atoms with Gasteiger partial charge in [-0.3, -0.25) is 0 Å². The van der Waals surface area contributed by atoms with Crippen LogP contribution in [0.1, 0.15) is 112 Å². The Morgan fingerprint density at radius 1 is 1.00 bits per heavy atom. The lowest BCUT2D eigenvalue weighted by molar-refractivity contribution is -0.137. The molecule has 0 aromatic carbocycles. The van der Waals surface area contributed by atoms with Gasteiger partial charge in [0, 0.05) is 6.54 Å². The van der Waals surface area contributed by atoms with Gasteiger partial charge in [0.25, 0.3) is 0 Å². The van der Waals surface area contributed by atoms with Crippen molar-refractivity contribution in [2.75, 3.05) is 6.54 Å². The second-order valence-electron chi connectivity index (χ2n) is 15.2. The van der Waals surface area contributed by atoms with Gasteiger partial charge < -0.3 is 10.1 Å². The van der Waals surface area contributed by atoms with Crippen LogP contribution in [-0.2, 0) is 4.74 Å². The number of nitrogens with one attached hydrogen (secondary N) is 1. The summed E-state index contributed by atoms with van der Waals surface area (Å²) in [6.07, 6.45) is 15.0. The molecule has 0 saturated heterocycles. The largest absolute Gasteiger partial charge is 0.444 e. The molecule has 0 heterocycles. The summed E-state index contributed by atoms with van der Waals surface area (Å²) in [5.74, 6) is 5.55. The Kier molecular flexibility index (Phi) is 7.29. The highest BCUT2D eigenvalue weighted by molar-refractivity contribution is 6.39. The Bertz CT molecular complexity index is 749. The minimum atomic E-state index is -0.422. The monoisotopic (exact) mass is 469 g/mol. The number of amides is 1. The number of alkyl carbamates (subject to hydrolysis) is 1. The van der Waals surface area contributed by atoms with Crippen LogP contribution in [0.5, 0.6) is 0 Å². The van der Waals surface area contributed by atoms with Crippen molar-refractivity contribution in [3.8, 4) is 0 Å². The lowest BCUT2D eigenvalue weighted by Gasteiger charge is -2.64. The molecular weight excluding hydrogens is 416 g/mol. The van der Waals surface area contributed by atoms with Crippen molar-refractivity contribution in [3.63, 3.8) is 0 Å². The van der Waals surface area contributed by atoms with Crippen LogP contribution < -0.4 is 5.32 Å². The van der Waals surface area contributed by atoms with Crippen LogP contribution in [0.3, 0.4) is 0 Å². The molecule has 34 heavy (non-hydrogen) atoms. The summed E-state index contributed by atoms with van der Waals surface area (Å²) in [7, 11) is 5.06. The summed E-state index contributed by atoms with van der Waals surface area (Å²) in [5.41, 5.74) is 0.674. The smallest absolute Gasteiger partial charge is 0.407 e. The number of ether oxygens (including phenoxy) is 1. The molecule has 0 radical (unpaired) electrons. The highest BCUT2D eigenvalue weighted by atomic mass is 16.6. The predicted molar refractivity (Wildman–Crippen MR) is 148 cm³/mol. The maximum Gasteiger partial charge on any atom is 0.407 e. The molecule has 0 aromatic rings. The van der Waals surface area contributed by atoms with Gasteiger partial charge in [0.15, 0.2) is 0 Å². The van der Waals surface area contributed by atoms with Gasteiger partial charge in [-0.1, -0.05) is 45.2 Å². The van der Waals surface area contributed by atoms with Gasteiger partial charge in [0.2, 0.25) is 0 Å². The first-order chi connectivity index (χ1) is 15.8. The van der Waals surface area contributed by atoms with E-state index in [9.17, 15) is 4.79 Å². The highest BCUT2D eigenvalue weighted by Gasteiger charge is 2.62. The van der Waals surface area contributed by atoms with Crippen LogP contribution in [0.4, 0.5) is 4.79 Å². The van der Waals surface area contributed by atoms with E-state index in [1.165, 1.54) is 64.2 Å². The SMILES string of the molecule is BC1(B)CCC2(C)C(C1)[C@@H](CC)CC1C3CCC(CCCNC(=O)OC(C)(C)C)C3(C)CC[C@@H]12. The zero-order valence-corrected chi connectivity index (χ0v) is 23.8. The molecular formula is C29H53B2NO2. The Morgan fingerprint density at radius 2 is 1.71 bits per heavy atom. The molecule has 6 unspecified atom stereocenters. The van der Waals surface area contributed by atoms with E-state index < -0.39 is 5.60 Å². The molecule has 0 aromatic heterocycles. The van der Waals surface area contributed by atoms with Gasteiger partial charge in [-0.25, -0.2) is 4.79 Å². The zero-order valence-electron chi connectivity index (χ0n) is 23.8. The first-order valence-corrected chi connectivity index (χ1v) is 14.8. The lowest BCUT2D eigenvalue weighted by Crippen LogP contribution is -2.56. The third kappa shape index (κ3) is 4.97. The third-order valence-electron chi connectivity index (χ3n) is 11.5. The van der Waals surface area contributed by atoms with E-state index in [0.29, 0.717) is 16.0 Å². The molecule has 0 aliphatic heterocycles. The van der Waals surface area contributed by atoms with Crippen molar-refractivity contribution in [1.29, 1.82) is 0 Å². The van der Waals surface area contributed by atoms with Crippen LogP contribution in [-0.4, -0.2) is 33.9 Å². The number of carbonyl (C=O) groups excluding carboxylic acids is 1. The van der Waals surface area contributed by atoms with Gasteiger partial charge >= 0.3 is 6.09 Å². The van der Waals surface area contributed by atoms with Crippen LogP contribution in [0.15, 0.2) is 0 Å². The number of rotatable bonds is 5. The number of carbonyl (C=O) groups is 1. The van der Waals surface area contributed by atoms with Gasteiger partial charge in [-0.2, -0.15) is 0 Å². The van der Waals surface area contributed by atoms with E-state index in [2.05, 4.69) is 41.8 Å². The predicted octanol–water partition coefficient (Wildman–Crippen LogP) is 5.97. The van der Waals surface area contributed by atoms with Crippen LogP contribution in [0, 0.1) is 46.3 Å². The van der Waals surface area contributed by atoms with E-state index in [0.717, 1.165) is 48.5 Å². The summed E-state index contributed by atoms with van der Waals surface area (Å²) in [5, 5.41) is 3.53. The maximum absolute atomic E-state index is 12.0. The van der Waals surface area contributed by atoms with Crippen molar-refractivity contribution >= 4 is 21.8 Å². The lowest BCUT2D eigenvalue weighted by atomic mass is 9.36. The van der Waals surface area contributed by atoms with Crippen molar-refractivity contribution in [3.05, 3.63) is 0 Å². The van der Waals surface area contributed by atoms with Crippen molar-refractivity contribution in [2.45, 2.75) is 123 Å². The summed E-state index contributed by atoms with van der Waals surface area (Å²) in [4.78, 5) is 12.0. The van der Waals surface area contributed by atoms with Crippen LogP contribution >= 0.6 is 0 Å². The zero-order chi connectivity index (χ0) is 24.9. The number of hydrogen-bond acceptors (Lipinski definition) is 2. The molecule has 0 bridgehead atoms. The maximum atomic E-state index is 12.0. The van der Waals surface area contributed by atoms with Crippen molar-refractivity contribution in [2.24, 2.45) is 46.3 Å². The second kappa shape index (κ2) is 9.37. The van der Waals surface area contributed by atoms with E-state index >= 15 is 0 Å². The van der Waals surface area contributed by atoms with Crippen molar-refractivity contribution < 1.29 is 9.53 Å². The standard InChI is InChI=1S/C29H53B2NO2/c1-7-19-17-21-22-11-10-20(9-8-16-32-25(33)34-26(2,3)4)27(22,5)13-12-23(21)28(6)14-15-29(30,31)18-24(19)28/h19-24H,7-18,30-31H2,1-6H3,(H,32,33)/t19-,20?,21?,22?,23-,24?,27?,28?/m0/s1. The highest BCUT2D eigenvalue weighted by Crippen LogP contribution is 2.70. The normalized spacial score (nSPS) is 43.4. The average molecular weight is 469 g/mol. The molecule has 8 atom stereocenters. The summed E-state index contributed by atoms with van der Waals surface area (Å²) in [6.45, 7) is 14.4. The first kappa shape index (κ1) is 26.5. The molecule has 4 aliphatic rings.